The Morgan fingerprint density at radius 2 is 1.07 bits per heavy atom. The smallest absolute Gasteiger partial charge is 0.317 e. The highest BCUT2D eigenvalue weighted by molar-refractivity contribution is 5.96. The second-order valence-electron chi connectivity index (χ2n) is 9.49. The van der Waals surface area contributed by atoms with E-state index in [2.05, 4.69) is 4.74 Å². The molecule has 16 nitrogen and oxygen atoms in total. The average molecular weight is 649 g/mol. The number of rotatable bonds is 13. The van der Waals surface area contributed by atoms with Crippen LogP contribution in [0.25, 0.3) is 0 Å². The lowest BCUT2D eigenvalue weighted by molar-refractivity contribution is -0.161. The van der Waals surface area contributed by atoms with Gasteiger partial charge in [0.1, 0.15) is 0 Å². The van der Waals surface area contributed by atoms with E-state index in [9.17, 15) is 38.4 Å². The van der Waals surface area contributed by atoms with Gasteiger partial charge in [-0.05, 0) is 26.7 Å². The minimum atomic E-state index is -1.83. The van der Waals surface area contributed by atoms with Gasteiger partial charge < -0.3 is 40.9 Å². The minimum absolute atomic E-state index is 0. The van der Waals surface area contributed by atoms with Gasteiger partial charge in [-0.15, -0.1) is 0 Å². The topological polar surface area (TPSA) is 299 Å². The molecular weight excluding hydrogens is 592 g/mol. The van der Waals surface area contributed by atoms with E-state index in [-0.39, 0.29) is 56.5 Å². The minimum Gasteiger partial charge on any atom is -0.481 e. The van der Waals surface area contributed by atoms with Crippen molar-refractivity contribution in [3.8, 4) is 0 Å². The quantitative estimate of drug-likeness (QED) is 0.123. The van der Waals surface area contributed by atoms with Crippen LogP contribution >= 0.6 is 0 Å². The molecule has 0 spiro atoms. The van der Waals surface area contributed by atoms with Crippen molar-refractivity contribution in [1.82, 2.24) is 0 Å². The Kier molecular flexibility index (Phi) is 31.5. The molecule has 0 aromatic rings. The summed E-state index contributed by atoms with van der Waals surface area (Å²) in [5.74, 6) is -14.2. The summed E-state index contributed by atoms with van der Waals surface area (Å²) in [6.07, 6.45) is -2.21. The lowest BCUT2D eigenvalue weighted by Gasteiger charge is -2.27. The molecule has 6 unspecified atom stereocenters. The van der Waals surface area contributed by atoms with E-state index in [0.717, 1.165) is 13.8 Å². The fourth-order valence-electron chi connectivity index (χ4n) is 3.65. The van der Waals surface area contributed by atoms with E-state index in [1.807, 2.05) is 0 Å². The summed E-state index contributed by atoms with van der Waals surface area (Å²) in [6.45, 7) is 4.94. The van der Waals surface area contributed by atoms with Crippen molar-refractivity contribution < 1.29 is 79.2 Å². The molecule has 16 heteroatoms. The molecule has 1 aliphatic heterocycles. The Morgan fingerprint density at radius 1 is 0.705 bits per heavy atom. The number of carboxylic acids is 6. The van der Waals surface area contributed by atoms with Gasteiger partial charge in [-0.3, -0.25) is 38.4 Å². The zero-order chi connectivity index (χ0) is 29.5. The summed E-state index contributed by atoms with van der Waals surface area (Å²) in [5, 5.41) is 53.2. The fourth-order valence-corrected chi connectivity index (χ4v) is 3.65. The molecule has 1 fully saturated rings. The molecule has 6 atom stereocenters. The van der Waals surface area contributed by atoms with Gasteiger partial charge in [-0.25, -0.2) is 0 Å². The monoisotopic (exact) mass is 648 g/mol. The van der Waals surface area contributed by atoms with E-state index >= 15 is 0 Å². The van der Waals surface area contributed by atoms with Crippen LogP contribution in [0.5, 0.6) is 0 Å². The number of hydrogen-bond donors (Lipinski definition) is 6. The molecule has 1 rings (SSSR count). The molecule has 0 saturated carbocycles. The molecule has 0 aliphatic carbocycles. The van der Waals surface area contributed by atoms with Crippen LogP contribution in [0, 0.1) is 34.5 Å². The summed E-state index contributed by atoms with van der Waals surface area (Å²) in [5.41, 5.74) is -3.44. The van der Waals surface area contributed by atoms with Gasteiger partial charge in [0.15, 0.2) is 0 Å². The standard InChI is InChI=1S/C11H16O8.C11H14O7.6CH4.H2O/c1-5(8(14)15)6(9(16)17)3-11(2,10(18)19)4-7(12)13;1-5-6(9(15)18-8(5)14)3-11(2,10(16)17)4-7(12)13;;;;;;;/h5-6H,3-4H2,1-2H3,(H,12,13)(H,14,15)(H,16,17)(H,18,19);5-6H,3-4H2,1-2H3,(H,12,13)(H,16,17);6*1H4;1H2. The molecule has 1 saturated heterocycles. The number of carboxylic acid groups (broad SMARTS) is 6. The Bertz CT molecular complexity index is 975. The molecule has 0 amide bonds. The first kappa shape index (κ1) is 59.3. The molecule has 1 aliphatic rings. The van der Waals surface area contributed by atoms with E-state index in [0.29, 0.717) is 0 Å². The van der Waals surface area contributed by atoms with Crippen LogP contribution in [0.3, 0.4) is 0 Å². The summed E-state index contributed by atoms with van der Waals surface area (Å²) in [6, 6.07) is 0. The van der Waals surface area contributed by atoms with Crippen LogP contribution in [-0.4, -0.2) is 83.9 Å². The second-order valence-corrected chi connectivity index (χ2v) is 9.49. The number of cyclic esters (lactones) is 2. The number of hydrogen-bond acceptors (Lipinski definition) is 9. The number of carbonyl (C=O) groups is 8. The van der Waals surface area contributed by atoms with Gasteiger partial charge in [-0.2, -0.15) is 0 Å². The first-order chi connectivity index (χ1) is 16.7. The van der Waals surface area contributed by atoms with Crippen molar-refractivity contribution >= 4 is 47.8 Å². The van der Waals surface area contributed by atoms with Crippen molar-refractivity contribution in [3.05, 3.63) is 0 Å². The maximum Gasteiger partial charge on any atom is 0.317 e. The van der Waals surface area contributed by atoms with Gasteiger partial charge >= 0.3 is 47.8 Å². The van der Waals surface area contributed by atoms with Crippen LogP contribution < -0.4 is 0 Å². The third kappa shape index (κ3) is 16.5. The van der Waals surface area contributed by atoms with Gasteiger partial charge in [0, 0.05) is 0 Å². The summed E-state index contributed by atoms with van der Waals surface area (Å²) in [7, 11) is 0. The van der Waals surface area contributed by atoms with Gasteiger partial charge in [-0.1, -0.05) is 58.4 Å². The third-order valence-corrected chi connectivity index (χ3v) is 6.25. The molecule has 0 aromatic carbocycles. The van der Waals surface area contributed by atoms with Crippen LogP contribution in [-0.2, 0) is 43.1 Å². The summed E-state index contributed by atoms with van der Waals surface area (Å²) < 4.78 is 4.40. The van der Waals surface area contributed by atoms with Gasteiger partial charge in [0.25, 0.3) is 0 Å². The maximum atomic E-state index is 11.4. The number of carbonyl (C=O) groups excluding carboxylic acids is 2. The Balaban J connectivity index is -0.0000000847. The van der Waals surface area contributed by atoms with Crippen molar-refractivity contribution in [2.75, 3.05) is 0 Å². The highest BCUT2D eigenvalue weighted by Crippen LogP contribution is 2.37. The lowest BCUT2D eigenvalue weighted by atomic mass is 9.74. The zero-order valence-corrected chi connectivity index (χ0v) is 21.0. The van der Waals surface area contributed by atoms with Crippen molar-refractivity contribution in [3.63, 3.8) is 0 Å². The van der Waals surface area contributed by atoms with Crippen molar-refractivity contribution in [2.24, 2.45) is 34.5 Å². The molecule has 0 radical (unpaired) electrons. The van der Waals surface area contributed by atoms with Crippen molar-refractivity contribution in [1.29, 1.82) is 0 Å². The molecule has 8 N–H and O–H groups in total. The van der Waals surface area contributed by atoms with E-state index in [1.165, 1.54) is 13.8 Å². The predicted octanol–water partition coefficient (Wildman–Crippen LogP) is 3.63. The summed E-state index contributed by atoms with van der Waals surface area (Å²) >= 11 is 0. The summed E-state index contributed by atoms with van der Waals surface area (Å²) in [4.78, 5) is 88.0. The molecule has 1 heterocycles. The Labute approximate surface area is 259 Å². The molecule has 0 bridgehead atoms. The van der Waals surface area contributed by atoms with Crippen LogP contribution in [0.4, 0.5) is 0 Å². The third-order valence-electron chi connectivity index (χ3n) is 6.25. The largest absolute Gasteiger partial charge is 0.481 e. The number of aliphatic carboxylic acids is 6. The Morgan fingerprint density at radius 3 is 1.32 bits per heavy atom. The molecular formula is C28H56O16. The van der Waals surface area contributed by atoms with Crippen LogP contribution in [0.2, 0.25) is 0 Å². The molecule has 44 heavy (non-hydrogen) atoms. The molecule has 0 aromatic heterocycles. The number of esters is 2. The van der Waals surface area contributed by atoms with Gasteiger partial charge in [0.2, 0.25) is 0 Å². The van der Waals surface area contributed by atoms with Crippen LogP contribution in [0.1, 0.15) is 97.9 Å². The average Bonchev–Trinajstić information content (AvgIpc) is 2.96. The molecule has 264 valence electrons. The highest BCUT2D eigenvalue weighted by Gasteiger charge is 2.48. The SMILES string of the molecule is C.C.C.C.C.C.CC(C(=O)O)C(CC(C)(CC(=O)O)C(=O)O)C(=O)O.CC1C(=O)OC(=O)C1CC(C)(CC(=O)O)C(=O)O.O. The first-order valence-corrected chi connectivity index (χ1v) is 10.8. The second kappa shape index (κ2) is 23.4. The Hall–Kier alpha value is -4.08. The zero-order valence-electron chi connectivity index (χ0n) is 21.0. The van der Waals surface area contributed by atoms with Gasteiger partial charge in [0.05, 0.1) is 47.3 Å². The highest BCUT2D eigenvalue weighted by atomic mass is 16.6. The normalized spacial score (nSPS) is 18.2. The fraction of sp³-hybridized carbons (Fsp3) is 0.714. The lowest BCUT2D eigenvalue weighted by Crippen LogP contribution is -2.38. The predicted molar refractivity (Wildman–Crippen MR) is 161 cm³/mol. The van der Waals surface area contributed by atoms with E-state index < -0.39 is 102 Å². The van der Waals surface area contributed by atoms with Crippen LogP contribution in [0.15, 0.2) is 0 Å². The number of ether oxygens (including phenoxy) is 1. The van der Waals surface area contributed by atoms with E-state index in [1.54, 1.807) is 0 Å². The van der Waals surface area contributed by atoms with Crippen molar-refractivity contribution in [2.45, 2.75) is 97.9 Å². The van der Waals surface area contributed by atoms with E-state index in [4.69, 9.17) is 30.6 Å². The first-order valence-electron chi connectivity index (χ1n) is 10.8. The maximum absolute atomic E-state index is 11.4.